The van der Waals surface area contributed by atoms with E-state index >= 15 is 0 Å². The third kappa shape index (κ3) is 3.81. The zero-order valence-electron chi connectivity index (χ0n) is 10.8. The Bertz CT molecular complexity index is 588. The van der Waals surface area contributed by atoms with Crippen LogP contribution in [0.5, 0.6) is 0 Å². The molecule has 0 bridgehead atoms. The van der Waals surface area contributed by atoms with Gasteiger partial charge in [0.15, 0.2) is 0 Å². The molecule has 2 rings (SSSR count). The van der Waals surface area contributed by atoms with Crippen molar-refractivity contribution >= 4 is 27.5 Å². The second kappa shape index (κ2) is 7.21. The van der Waals surface area contributed by atoms with Gasteiger partial charge in [-0.2, -0.15) is 0 Å². The zero-order valence-corrected chi connectivity index (χ0v) is 13.2. The molecule has 1 nitrogen and oxygen atoms in total. The Morgan fingerprint density at radius 2 is 1.70 bits per heavy atom. The predicted molar refractivity (Wildman–Crippen MR) is 83.5 cm³/mol. The Hall–Kier alpha value is -0.900. The lowest BCUT2D eigenvalue weighted by Crippen LogP contribution is -2.14. The molecule has 106 valence electrons. The summed E-state index contributed by atoms with van der Waals surface area (Å²) in [4.78, 5) is 0. The highest BCUT2D eigenvalue weighted by Crippen LogP contribution is 2.24. The lowest BCUT2D eigenvalue weighted by atomic mass is 9.93. The normalized spacial score (nSPS) is 12.4. The summed E-state index contributed by atoms with van der Waals surface area (Å²) in [6.07, 6.45) is 1.15. The van der Waals surface area contributed by atoms with Gasteiger partial charge in [0.25, 0.3) is 0 Å². The van der Waals surface area contributed by atoms with Crippen LogP contribution in [0.4, 0.5) is 4.39 Å². The van der Waals surface area contributed by atoms with Crippen LogP contribution in [0.25, 0.3) is 0 Å². The Kier molecular flexibility index (Phi) is 5.58. The first-order valence-corrected chi connectivity index (χ1v) is 7.56. The number of benzene rings is 2. The molecule has 1 N–H and O–H groups in total. The topological polar surface area (TPSA) is 20.2 Å². The quantitative estimate of drug-likeness (QED) is 0.827. The lowest BCUT2D eigenvalue weighted by molar-refractivity contribution is 0.224. The van der Waals surface area contributed by atoms with Crippen LogP contribution < -0.4 is 0 Å². The smallest absolute Gasteiger partial charge is 0.144 e. The first-order chi connectivity index (χ1) is 9.61. The van der Waals surface area contributed by atoms with Crippen molar-refractivity contribution in [1.29, 1.82) is 0 Å². The van der Waals surface area contributed by atoms with E-state index in [0.29, 0.717) is 18.4 Å². The SMILES string of the molecule is OCC(Cc1ccccc1Br)Cc1cccc(Cl)c1F. The minimum atomic E-state index is -0.389. The van der Waals surface area contributed by atoms with E-state index in [1.807, 2.05) is 24.3 Å². The number of aliphatic hydroxyl groups is 1. The summed E-state index contributed by atoms with van der Waals surface area (Å²) in [5, 5.41) is 9.65. The molecule has 2 aromatic rings. The second-order valence-corrected chi connectivity index (χ2v) is 6.02. The van der Waals surface area contributed by atoms with E-state index in [9.17, 15) is 9.50 Å². The standard InChI is InChI=1S/C16H15BrClFO/c17-14-6-2-1-4-12(14)8-11(10-20)9-13-5-3-7-15(18)16(13)19/h1-7,11,20H,8-10H2. The van der Waals surface area contributed by atoms with Gasteiger partial charge >= 0.3 is 0 Å². The average molecular weight is 358 g/mol. The minimum Gasteiger partial charge on any atom is -0.396 e. The van der Waals surface area contributed by atoms with E-state index in [2.05, 4.69) is 15.9 Å². The summed E-state index contributed by atoms with van der Waals surface area (Å²) in [7, 11) is 0. The van der Waals surface area contributed by atoms with Crippen molar-refractivity contribution in [2.24, 2.45) is 5.92 Å². The molecule has 1 unspecified atom stereocenters. The molecule has 4 heteroatoms. The molecule has 0 aromatic heterocycles. The van der Waals surface area contributed by atoms with Crippen LogP contribution in [-0.4, -0.2) is 11.7 Å². The van der Waals surface area contributed by atoms with Gasteiger partial charge in [-0.15, -0.1) is 0 Å². The third-order valence-corrected chi connectivity index (χ3v) is 4.33. The van der Waals surface area contributed by atoms with Crippen molar-refractivity contribution in [2.45, 2.75) is 12.8 Å². The van der Waals surface area contributed by atoms with Crippen LogP contribution in [0.3, 0.4) is 0 Å². The van der Waals surface area contributed by atoms with Gasteiger partial charge in [-0.05, 0) is 42.0 Å². The maximum Gasteiger partial charge on any atom is 0.144 e. The van der Waals surface area contributed by atoms with Gasteiger partial charge in [-0.1, -0.05) is 57.9 Å². The molecule has 0 aliphatic carbocycles. The van der Waals surface area contributed by atoms with Gasteiger partial charge in [0.1, 0.15) is 5.82 Å². The van der Waals surface area contributed by atoms with Crippen LogP contribution in [0, 0.1) is 11.7 Å². The molecule has 0 saturated heterocycles. The summed E-state index contributed by atoms with van der Waals surface area (Å²) in [6.45, 7) is 0.00723. The molecular weight excluding hydrogens is 343 g/mol. The Morgan fingerprint density at radius 1 is 1.05 bits per heavy atom. The molecular formula is C16H15BrClFO. The number of hydrogen-bond donors (Lipinski definition) is 1. The minimum absolute atomic E-state index is 0.00723. The Labute approximate surface area is 131 Å². The summed E-state index contributed by atoms with van der Waals surface area (Å²) in [6, 6.07) is 12.8. The molecule has 0 aliphatic rings. The van der Waals surface area contributed by atoms with Crippen molar-refractivity contribution in [3.63, 3.8) is 0 Å². The number of aliphatic hydroxyl groups excluding tert-OH is 1. The van der Waals surface area contributed by atoms with E-state index < -0.39 is 0 Å². The van der Waals surface area contributed by atoms with Crippen LogP contribution in [0.15, 0.2) is 46.9 Å². The summed E-state index contributed by atoms with van der Waals surface area (Å²) < 4.78 is 14.9. The van der Waals surface area contributed by atoms with Gasteiger partial charge in [0, 0.05) is 11.1 Å². The van der Waals surface area contributed by atoms with Gasteiger partial charge in [-0.25, -0.2) is 4.39 Å². The highest BCUT2D eigenvalue weighted by Gasteiger charge is 2.15. The molecule has 0 fully saturated rings. The first kappa shape index (κ1) is 15.5. The summed E-state index contributed by atoms with van der Waals surface area (Å²) >= 11 is 9.27. The van der Waals surface area contributed by atoms with Crippen molar-refractivity contribution < 1.29 is 9.50 Å². The van der Waals surface area contributed by atoms with Gasteiger partial charge < -0.3 is 5.11 Å². The summed E-state index contributed by atoms with van der Waals surface area (Å²) in [5.41, 5.74) is 1.65. The van der Waals surface area contributed by atoms with Crippen molar-refractivity contribution in [2.75, 3.05) is 6.61 Å². The molecule has 20 heavy (non-hydrogen) atoms. The maximum absolute atomic E-state index is 13.9. The molecule has 0 radical (unpaired) electrons. The van der Waals surface area contributed by atoms with Crippen molar-refractivity contribution in [3.05, 3.63) is 68.9 Å². The van der Waals surface area contributed by atoms with Crippen LogP contribution >= 0.6 is 27.5 Å². The zero-order chi connectivity index (χ0) is 14.5. The second-order valence-electron chi connectivity index (χ2n) is 4.76. The molecule has 2 aromatic carbocycles. The molecule has 0 spiro atoms. The Morgan fingerprint density at radius 3 is 2.40 bits per heavy atom. The predicted octanol–water partition coefficient (Wildman–Crippen LogP) is 4.64. The van der Waals surface area contributed by atoms with Crippen molar-refractivity contribution in [1.82, 2.24) is 0 Å². The monoisotopic (exact) mass is 356 g/mol. The van der Waals surface area contributed by atoms with E-state index in [-0.39, 0.29) is 23.4 Å². The van der Waals surface area contributed by atoms with E-state index in [4.69, 9.17) is 11.6 Å². The van der Waals surface area contributed by atoms with Crippen LogP contribution in [0.2, 0.25) is 5.02 Å². The molecule has 0 saturated carbocycles. The van der Waals surface area contributed by atoms with Crippen LogP contribution in [0.1, 0.15) is 11.1 Å². The van der Waals surface area contributed by atoms with E-state index in [0.717, 1.165) is 10.0 Å². The summed E-state index contributed by atoms with van der Waals surface area (Å²) in [5.74, 6) is -0.429. The molecule has 0 amide bonds. The molecule has 0 aliphatic heterocycles. The molecule has 0 heterocycles. The fourth-order valence-electron chi connectivity index (χ4n) is 2.19. The number of halogens is 3. The molecule has 1 atom stereocenters. The van der Waals surface area contributed by atoms with Crippen LogP contribution in [-0.2, 0) is 12.8 Å². The highest BCUT2D eigenvalue weighted by molar-refractivity contribution is 9.10. The average Bonchev–Trinajstić information content (AvgIpc) is 2.45. The van der Waals surface area contributed by atoms with E-state index in [1.54, 1.807) is 12.1 Å². The fraction of sp³-hybridized carbons (Fsp3) is 0.250. The third-order valence-electron chi connectivity index (χ3n) is 3.26. The lowest BCUT2D eigenvalue weighted by Gasteiger charge is -2.16. The number of rotatable bonds is 5. The highest BCUT2D eigenvalue weighted by atomic mass is 79.9. The number of hydrogen-bond acceptors (Lipinski definition) is 1. The maximum atomic E-state index is 13.9. The Balaban J connectivity index is 2.14. The van der Waals surface area contributed by atoms with Crippen molar-refractivity contribution in [3.8, 4) is 0 Å². The first-order valence-electron chi connectivity index (χ1n) is 6.39. The van der Waals surface area contributed by atoms with E-state index in [1.165, 1.54) is 6.07 Å². The van der Waals surface area contributed by atoms with Gasteiger partial charge in [0.05, 0.1) is 5.02 Å². The fourth-order valence-corrected chi connectivity index (χ4v) is 2.83. The van der Waals surface area contributed by atoms with Gasteiger partial charge in [0.2, 0.25) is 0 Å². The van der Waals surface area contributed by atoms with Gasteiger partial charge in [-0.3, -0.25) is 0 Å². The largest absolute Gasteiger partial charge is 0.396 e.